The lowest BCUT2D eigenvalue weighted by atomic mass is 9.96. The largest absolute Gasteiger partial charge is 0.378 e. The second-order valence-corrected chi connectivity index (χ2v) is 30.1. The summed E-state index contributed by atoms with van der Waals surface area (Å²) in [5.74, 6) is 4.96. The molecule has 0 aromatic rings. The molecule has 0 saturated heterocycles. The molecule has 0 radical (unpaired) electrons. The quantitative estimate of drug-likeness (QED) is 0.0759. The van der Waals surface area contributed by atoms with Gasteiger partial charge in [-0.25, -0.2) is 0 Å². The summed E-state index contributed by atoms with van der Waals surface area (Å²) in [5, 5.41) is 5.72. The van der Waals surface area contributed by atoms with Crippen LogP contribution in [0.4, 0.5) is 0 Å². The summed E-state index contributed by atoms with van der Waals surface area (Å²) < 4.78 is 2.14. The van der Waals surface area contributed by atoms with Gasteiger partial charge in [0.2, 0.25) is 0 Å². The Morgan fingerprint density at radius 3 is 0.855 bits per heavy atom. The van der Waals surface area contributed by atoms with Crippen molar-refractivity contribution in [3.05, 3.63) is 107 Å². The summed E-state index contributed by atoms with van der Waals surface area (Å²) in [6.07, 6.45) is 35.2. The molecule has 0 fully saturated rings. The average Bonchev–Trinajstić information content (AvgIpc) is 3.37. The Morgan fingerprint density at radius 2 is 0.609 bits per heavy atom. The Balaban J connectivity index is 0.000000519. The van der Waals surface area contributed by atoms with Crippen LogP contribution in [0.15, 0.2) is 107 Å². The lowest BCUT2D eigenvalue weighted by molar-refractivity contribution is 0.410. The minimum atomic E-state index is -0.834. The van der Waals surface area contributed by atoms with Gasteiger partial charge in [0.05, 0.1) is 0 Å². The molecule has 0 aliphatic heterocycles. The van der Waals surface area contributed by atoms with E-state index in [0.717, 1.165) is 107 Å². The molecule has 6 nitrogen and oxygen atoms in total. The summed E-state index contributed by atoms with van der Waals surface area (Å²) >= 11 is -2.40. The smallest absolute Gasteiger partial charge is 0.277 e. The van der Waals surface area contributed by atoms with Crippen molar-refractivity contribution >= 4 is 42.4 Å². The summed E-state index contributed by atoms with van der Waals surface area (Å²) in [7, 11) is 0. The van der Waals surface area contributed by atoms with Crippen molar-refractivity contribution < 1.29 is 0 Å². The SMILES string of the molecule is CCN(C=C1C=CCC(=CN(CC)CC)[CH]1[Al]([CH2]C)[CH2]C)CC.CCN(C=C1C=CCC(=CN(CC)CC)[CH]1[Al]([CH3])[CH3])CC.CC[CH2][Al]([CH2]CC)[CH]1C(=CN(CC)CC)C=CCC1=CN(CC)CC. The zero-order chi connectivity index (χ0) is 51.7. The maximum atomic E-state index is 2.51. The highest BCUT2D eigenvalue weighted by Crippen LogP contribution is 2.42. The molecule has 0 spiro atoms. The molecule has 3 aliphatic rings. The second-order valence-electron chi connectivity index (χ2n) is 19.7. The molecule has 0 amide bonds. The Bertz CT molecular complexity index is 1620. The lowest BCUT2D eigenvalue weighted by Crippen LogP contribution is -2.28. The van der Waals surface area contributed by atoms with E-state index in [1.807, 2.05) is 0 Å². The first-order chi connectivity index (χ1) is 33.3. The van der Waals surface area contributed by atoms with Gasteiger partial charge in [-0.15, -0.1) is 11.6 Å². The monoisotopic (exact) mass is 997 g/mol. The van der Waals surface area contributed by atoms with Gasteiger partial charge in [-0.3, -0.25) is 0 Å². The van der Waals surface area contributed by atoms with Gasteiger partial charge in [0, 0.05) is 97.1 Å². The first-order valence-electron chi connectivity index (χ1n) is 29.1. The molecule has 3 aliphatic carbocycles. The standard InChI is InChI=1S/3C16H27N2.2C3H7.2C2H5.2CH3.3Al/c3*1-5-17(6-2)13-15-10-9-11-16(12-15)14-18(7-3)8-4;2*1-3-2;2*1-2;;;;;/h3*9-10,12-14H,5-8,11H2,1-4H3;2*1,3H2,2H3;2*1H2,2H3;2*1H3;;;. The highest BCUT2D eigenvalue weighted by molar-refractivity contribution is 6.62. The average molecular weight is 998 g/mol. The second kappa shape index (κ2) is 38.6. The van der Waals surface area contributed by atoms with E-state index in [2.05, 4.69) is 225 Å². The van der Waals surface area contributed by atoms with Crippen LogP contribution in [0.3, 0.4) is 0 Å². The Hall–Kier alpha value is -1.94. The third-order valence-corrected chi connectivity index (χ3v) is 25.6. The summed E-state index contributed by atoms with van der Waals surface area (Å²) in [6.45, 7) is 49.8. The van der Waals surface area contributed by atoms with Crippen molar-refractivity contribution in [2.45, 2.75) is 190 Å². The van der Waals surface area contributed by atoms with Crippen LogP contribution in [0, 0.1) is 0 Å². The van der Waals surface area contributed by atoms with Crippen LogP contribution < -0.4 is 0 Å². The Labute approximate surface area is 444 Å². The van der Waals surface area contributed by atoms with E-state index in [-0.39, 0.29) is 0 Å². The fourth-order valence-corrected chi connectivity index (χ4v) is 20.0. The molecular formula is C60H111Al3N6. The van der Waals surface area contributed by atoms with Gasteiger partial charge in [-0.1, -0.05) is 115 Å². The minimum Gasteiger partial charge on any atom is -0.378 e. The van der Waals surface area contributed by atoms with Crippen LogP contribution in [0.2, 0.25) is 47.0 Å². The zero-order valence-corrected chi connectivity index (χ0v) is 52.4. The molecule has 0 saturated carbocycles. The first kappa shape index (κ1) is 65.1. The maximum Gasteiger partial charge on any atom is 0.277 e. The third kappa shape index (κ3) is 22.4. The number of hydrogen-bond donors (Lipinski definition) is 0. The normalized spacial score (nSPS) is 21.0. The zero-order valence-electron chi connectivity index (χ0n) is 48.9. The summed E-state index contributed by atoms with van der Waals surface area (Å²) in [6, 6.07) is 0. The van der Waals surface area contributed by atoms with Crippen molar-refractivity contribution in [1.29, 1.82) is 0 Å². The maximum absolute atomic E-state index is 2.51. The van der Waals surface area contributed by atoms with E-state index in [1.54, 1.807) is 27.9 Å². The van der Waals surface area contributed by atoms with Crippen LogP contribution in [-0.4, -0.2) is 150 Å². The fourth-order valence-electron chi connectivity index (χ4n) is 10.8. The van der Waals surface area contributed by atoms with E-state index in [4.69, 9.17) is 0 Å². The lowest BCUT2D eigenvalue weighted by Gasteiger charge is -2.33. The van der Waals surface area contributed by atoms with Gasteiger partial charge in [0.15, 0.2) is 0 Å². The van der Waals surface area contributed by atoms with Gasteiger partial charge < -0.3 is 29.4 Å². The van der Waals surface area contributed by atoms with Gasteiger partial charge in [0.1, 0.15) is 0 Å². The van der Waals surface area contributed by atoms with Crippen molar-refractivity contribution in [3.63, 3.8) is 0 Å². The van der Waals surface area contributed by atoms with E-state index >= 15 is 0 Å². The first-order valence-corrected chi connectivity index (χ1v) is 36.6. The molecule has 0 aromatic heterocycles. The molecular weight excluding hydrogens is 886 g/mol. The molecule has 0 N–H and O–H groups in total. The molecule has 0 aromatic carbocycles. The minimum absolute atomic E-state index is 0.691. The molecule has 9 heteroatoms. The topological polar surface area (TPSA) is 19.4 Å². The van der Waals surface area contributed by atoms with E-state index in [0.29, 0.717) is 4.78 Å². The predicted octanol–water partition coefficient (Wildman–Crippen LogP) is 15.9. The number of nitrogens with zero attached hydrogens (tertiary/aromatic N) is 6. The van der Waals surface area contributed by atoms with Gasteiger partial charge in [-0.05, 0) is 152 Å². The van der Waals surface area contributed by atoms with Crippen LogP contribution >= 0.6 is 0 Å². The van der Waals surface area contributed by atoms with Crippen LogP contribution in [0.1, 0.15) is 143 Å². The van der Waals surface area contributed by atoms with Crippen molar-refractivity contribution in [3.8, 4) is 0 Å². The third-order valence-electron chi connectivity index (χ3n) is 15.2. The fraction of sp³-hybridized carbons (Fsp3) is 0.700. The van der Waals surface area contributed by atoms with Crippen molar-refractivity contribution in [2.75, 3.05) is 78.5 Å². The van der Waals surface area contributed by atoms with Crippen molar-refractivity contribution in [1.82, 2.24) is 29.4 Å². The van der Waals surface area contributed by atoms with Gasteiger partial charge in [-0.2, -0.15) is 0 Å². The Kier molecular flexibility index (Phi) is 36.4. The highest BCUT2D eigenvalue weighted by Gasteiger charge is 2.34. The number of allylic oxidation sites excluding steroid dienone is 12. The van der Waals surface area contributed by atoms with Crippen molar-refractivity contribution in [2.24, 2.45) is 0 Å². The number of rotatable bonds is 27. The number of hydrogen-bond acceptors (Lipinski definition) is 6. The molecule has 0 heterocycles. The molecule has 3 rings (SSSR count). The molecule has 69 heavy (non-hydrogen) atoms. The predicted molar refractivity (Wildman–Crippen MR) is 319 cm³/mol. The van der Waals surface area contributed by atoms with Crippen LogP contribution in [-0.2, 0) is 0 Å². The van der Waals surface area contributed by atoms with E-state index < -0.39 is 42.4 Å². The van der Waals surface area contributed by atoms with E-state index in [9.17, 15) is 0 Å². The molecule has 0 bridgehead atoms. The van der Waals surface area contributed by atoms with E-state index in [1.165, 1.54) is 39.5 Å². The van der Waals surface area contributed by atoms with Gasteiger partial charge >= 0.3 is 0 Å². The Morgan fingerprint density at radius 1 is 0.362 bits per heavy atom. The van der Waals surface area contributed by atoms with Crippen LogP contribution in [0.5, 0.6) is 0 Å². The molecule has 3 unspecified atom stereocenters. The molecule has 390 valence electrons. The van der Waals surface area contributed by atoms with Crippen LogP contribution in [0.25, 0.3) is 0 Å². The molecule has 3 atom stereocenters. The van der Waals surface area contributed by atoms with Gasteiger partial charge in [0.25, 0.3) is 42.4 Å². The highest BCUT2D eigenvalue weighted by atomic mass is 27.2. The summed E-state index contributed by atoms with van der Waals surface area (Å²) in [4.78, 5) is 14.7. The summed E-state index contributed by atoms with van der Waals surface area (Å²) in [5.41, 5.74) is 9.66.